The Morgan fingerprint density at radius 1 is 1.14 bits per heavy atom. The second-order valence-electron chi connectivity index (χ2n) is 4.12. The van der Waals surface area contributed by atoms with Gasteiger partial charge in [-0.3, -0.25) is 0 Å². The van der Waals surface area contributed by atoms with E-state index in [2.05, 4.69) is 36.8 Å². The maximum absolute atomic E-state index is 4.17. The van der Waals surface area contributed by atoms with Crippen LogP contribution in [0.5, 0.6) is 0 Å². The van der Waals surface area contributed by atoms with E-state index in [0.29, 0.717) is 0 Å². The minimum absolute atomic E-state index is 0.954. The van der Waals surface area contributed by atoms with Crippen LogP contribution in [0.2, 0.25) is 19.6 Å². The zero-order valence-electron chi connectivity index (χ0n) is 9.03. The van der Waals surface area contributed by atoms with E-state index < -0.39 is 8.07 Å². The van der Waals surface area contributed by atoms with Gasteiger partial charge in [0.25, 0.3) is 0 Å². The Hall–Kier alpha value is 0.477. The molecule has 0 saturated carbocycles. The van der Waals surface area contributed by atoms with Crippen LogP contribution in [0.25, 0.3) is 0 Å². The first-order valence-corrected chi connectivity index (χ1v) is 11.1. The average molecular weight is 265 g/mol. The molecular weight excluding hydrogens is 248 g/mol. The van der Waals surface area contributed by atoms with Gasteiger partial charge in [0.15, 0.2) is 8.68 Å². The van der Waals surface area contributed by atoms with Crippen molar-refractivity contribution in [3.63, 3.8) is 0 Å². The molecule has 0 bridgehead atoms. The van der Waals surface area contributed by atoms with Crippen LogP contribution in [0.3, 0.4) is 0 Å². The van der Waals surface area contributed by atoms with Gasteiger partial charge in [0, 0.05) is 0 Å². The van der Waals surface area contributed by atoms with Gasteiger partial charge in [-0.2, -0.15) is 0 Å². The highest BCUT2D eigenvalue weighted by molar-refractivity contribution is 8.04. The van der Waals surface area contributed by atoms with Gasteiger partial charge in [-0.25, -0.2) is 0 Å². The minimum Gasteiger partial charge on any atom is -0.131 e. The largest absolute Gasteiger partial charge is 0.175 e. The summed E-state index contributed by atoms with van der Waals surface area (Å²) in [5, 5.41) is 9.54. The molecule has 0 saturated heterocycles. The topological polar surface area (TPSA) is 25.8 Å². The molecular formula is C8H16N2S3Si. The molecule has 1 heterocycles. The smallest absolute Gasteiger partial charge is 0.131 e. The van der Waals surface area contributed by atoms with E-state index >= 15 is 0 Å². The van der Waals surface area contributed by atoms with Crippen LogP contribution in [-0.4, -0.2) is 29.4 Å². The van der Waals surface area contributed by atoms with Crippen LogP contribution >= 0.6 is 34.9 Å². The van der Waals surface area contributed by atoms with Crippen molar-refractivity contribution in [3.05, 3.63) is 0 Å². The lowest BCUT2D eigenvalue weighted by atomic mass is 11.0. The summed E-state index contributed by atoms with van der Waals surface area (Å²) >= 11 is 5.36. The van der Waals surface area contributed by atoms with Gasteiger partial charge in [-0.15, -0.1) is 10.2 Å². The molecule has 0 aliphatic heterocycles. The van der Waals surface area contributed by atoms with Gasteiger partial charge in [0.05, 0.1) is 8.07 Å². The van der Waals surface area contributed by atoms with E-state index in [0.717, 1.165) is 14.4 Å². The summed E-state index contributed by atoms with van der Waals surface area (Å²) in [4.78, 5) is 0. The molecule has 0 radical (unpaired) electrons. The molecule has 0 N–H and O–H groups in total. The van der Waals surface area contributed by atoms with E-state index in [1.807, 2.05) is 11.8 Å². The van der Waals surface area contributed by atoms with Gasteiger partial charge >= 0.3 is 0 Å². The summed E-state index contributed by atoms with van der Waals surface area (Å²) in [6, 6.07) is 0. The highest BCUT2D eigenvalue weighted by Crippen LogP contribution is 2.29. The fraction of sp³-hybridized carbons (Fsp3) is 0.750. The maximum Gasteiger partial charge on any atom is 0.175 e. The molecule has 0 unspecified atom stereocenters. The predicted octanol–water partition coefficient (Wildman–Crippen LogP) is 3.62. The van der Waals surface area contributed by atoms with Crippen molar-refractivity contribution in [2.24, 2.45) is 0 Å². The van der Waals surface area contributed by atoms with Gasteiger partial charge in [-0.1, -0.05) is 61.4 Å². The van der Waals surface area contributed by atoms with Crippen molar-refractivity contribution in [3.8, 4) is 0 Å². The summed E-state index contributed by atoms with van der Waals surface area (Å²) in [5.74, 6) is 1.08. The van der Waals surface area contributed by atoms with E-state index in [1.54, 1.807) is 23.1 Å². The Balaban J connectivity index is 2.44. The molecule has 80 valence electrons. The molecule has 1 aromatic rings. The maximum atomic E-state index is 4.17. The Labute approximate surface area is 99.3 Å². The van der Waals surface area contributed by atoms with Crippen LogP contribution in [0.1, 0.15) is 6.92 Å². The second kappa shape index (κ2) is 5.53. The van der Waals surface area contributed by atoms with Crippen molar-refractivity contribution in [1.29, 1.82) is 0 Å². The molecule has 2 nitrogen and oxygen atoms in total. The lowest BCUT2D eigenvalue weighted by Crippen LogP contribution is -2.23. The lowest BCUT2D eigenvalue weighted by molar-refractivity contribution is 0.955. The normalized spacial score (nSPS) is 12.0. The second-order valence-corrected chi connectivity index (χ2v) is 13.8. The van der Waals surface area contributed by atoms with E-state index in [4.69, 9.17) is 0 Å². The Bertz CT molecular complexity index is 282. The van der Waals surface area contributed by atoms with Gasteiger partial charge in [-0.05, 0) is 11.1 Å². The quantitative estimate of drug-likeness (QED) is 0.599. The first-order chi connectivity index (χ1) is 6.51. The fourth-order valence-electron chi connectivity index (χ4n) is 0.716. The lowest BCUT2D eigenvalue weighted by Gasteiger charge is -2.12. The summed E-state index contributed by atoms with van der Waals surface area (Å²) in [7, 11) is -0.954. The first kappa shape index (κ1) is 12.5. The molecule has 0 aliphatic carbocycles. The van der Waals surface area contributed by atoms with Crippen molar-refractivity contribution in [1.82, 2.24) is 10.2 Å². The molecule has 6 heteroatoms. The van der Waals surface area contributed by atoms with Gasteiger partial charge < -0.3 is 0 Å². The molecule has 0 aliphatic rings. The minimum atomic E-state index is -0.954. The SMILES string of the molecule is CCSc1nnc(SC[Si](C)(C)C)s1. The molecule has 0 aromatic carbocycles. The third kappa shape index (κ3) is 4.81. The Morgan fingerprint density at radius 3 is 2.21 bits per heavy atom. The predicted molar refractivity (Wildman–Crippen MR) is 70.4 cm³/mol. The van der Waals surface area contributed by atoms with E-state index in [9.17, 15) is 0 Å². The summed E-state index contributed by atoms with van der Waals surface area (Å²) < 4.78 is 2.23. The van der Waals surface area contributed by atoms with Crippen molar-refractivity contribution in [2.75, 3.05) is 11.1 Å². The van der Waals surface area contributed by atoms with Crippen molar-refractivity contribution < 1.29 is 0 Å². The van der Waals surface area contributed by atoms with Crippen molar-refractivity contribution in [2.45, 2.75) is 35.2 Å². The number of hydrogen-bond acceptors (Lipinski definition) is 5. The standard InChI is InChI=1S/C8H16N2S3Si/c1-5-11-7-9-10-8(13-7)12-6-14(2,3)4/h5-6H2,1-4H3. The number of rotatable bonds is 5. The van der Waals surface area contributed by atoms with E-state index in [-0.39, 0.29) is 0 Å². The zero-order chi connectivity index (χ0) is 10.6. The molecule has 1 aromatic heterocycles. The molecule has 0 spiro atoms. The Morgan fingerprint density at radius 2 is 1.71 bits per heavy atom. The molecule has 14 heavy (non-hydrogen) atoms. The van der Waals surface area contributed by atoms with Crippen LogP contribution in [-0.2, 0) is 0 Å². The number of aromatic nitrogens is 2. The molecule has 1 rings (SSSR count). The average Bonchev–Trinajstić information content (AvgIpc) is 2.49. The van der Waals surface area contributed by atoms with Crippen LogP contribution < -0.4 is 0 Å². The van der Waals surface area contributed by atoms with Gasteiger partial charge in [0.2, 0.25) is 0 Å². The van der Waals surface area contributed by atoms with Crippen LogP contribution in [0, 0.1) is 0 Å². The number of thioether (sulfide) groups is 2. The third-order valence-electron chi connectivity index (χ3n) is 1.28. The van der Waals surface area contributed by atoms with E-state index in [1.165, 1.54) is 5.38 Å². The van der Waals surface area contributed by atoms with Crippen LogP contribution in [0.4, 0.5) is 0 Å². The summed E-state index contributed by atoms with van der Waals surface area (Å²) in [6.07, 6.45) is 0. The monoisotopic (exact) mass is 264 g/mol. The summed E-state index contributed by atoms with van der Waals surface area (Å²) in [5.41, 5.74) is 0. The fourth-order valence-corrected chi connectivity index (χ4v) is 5.69. The Kier molecular flexibility index (Phi) is 4.96. The summed E-state index contributed by atoms with van der Waals surface area (Å²) in [6.45, 7) is 9.27. The molecule has 0 amide bonds. The highest BCUT2D eigenvalue weighted by Gasteiger charge is 2.15. The van der Waals surface area contributed by atoms with Gasteiger partial charge in [0.1, 0.15) is 0 Å². The zero-order valence-corrected chi connectivity index (χ0v) is 12.5. The number of nitrogens with zero attached hydrogens (tertiary/aromatic N) is 2. The molecule has 0 atom stereocenters. The third-order valence-corrected chi connectivity index (χ3v) is 7.99. The highest BCUT2D eigenvalue weighted by atomic mass is 32.2. The first-order valence-electron chi connectivity index (χ1n) is 4.60. The molecule has 0 fully saturated rings. The van der Waals surface area contributed by atoms with Crippen molar-refractivity contribution >= 4 is 42.9 Å². The number of hydrogen-bond donors (Lipinski definition) is 0. The van der Waals surface area contributed by atoms with Crippen LogP contribution in [0.15, 0.2) is 8.68 Å².